The van der Waals surface area contributed by atoms with E-state index in [9.17, 15) is 10.0 Å². The van der Waals surface area contributed by atoms with Crippen LogP contribution in [0.5, 0.6) is 0 Å². The first-order valence-corrected chi connectivity index (χ1v) is 9.71. The highest BCUT2D eigenvalue weighted by molar-refractivity contribution is 5.83. The van der Waals surface area contributed by atoms with E-state index in [1.165, 1.54) is 12.7 Å². The highest BCUT2D eigenvalue weighted by Gasteiger charge is 2.86. The van der Waals surface area contributed by atoms with E-state index in [1.54, 1.807) is 0 Å². The molecule has 4 fully saturated rings. The standard InChI is InChI=1S/C21H24N2O3/c1-12-16-13-6-5-10-23(25)11-9-20(18(13)23)14-7-3-4-8-15(14)22-21(12,20)17(16)19(24)26-2/h3-8,12-13,16-18,22H,9-11H2,1-2H3/t12-,13-,16-,17+,18-,20+,21-,23?/m0/s1. The predicted octanol–water partition coefficient (Wildman–Crippen LogP) is 2.43. The predicted molar refractivity (Wildman–Crippen MR) is 97.0 cm³/mol. The first-order valence-electron chi connectivity index (χ1n) is 9.71. The van der Waals surface area contributed by atoms with Gasteiger partial charge in [0, 0.05) is 18.0 Å². The van der Waals surface area contributed by atoms with E-state index < -0.39 is 0 Å². The molecule has 2 bridgehead atoms. The van der Waals surface area contributed by atoms with Gasteiger partial charge >= 0.3 is 5.97 Å². The van der Waals surface area contributed by atoms with Crippen LogP contribution in [0.2, 0.25) is 0 Å². The molecule has 0 amide bonds. The molecule has 136 valence electrons. The molecule has 3 saturated carbocycles. The van der Waals surface area contributed by atoms with Gasteiger partial charge in [0.25, 0.3) is 0 Å². The Hall–Kier alpha value is -1.85. The molecule has 1 N–H and O–H groups in total. The number of ether oxygens (including phenoxy) is 1. The van der Waals surface area contributed by atoms with Gasteiger partial charge in [-0.1, -0.05) is 31.2 Å². The summed E-state index contributed by atoms with van der Waals surface area (Å²) in [6.07, 6.45) is 5.15. The number of quaternary nitrogens is 1. The molecule has 7 rings (SSSR count). The molecule has 0 aromatic heterocycles. The minimum absolute atomic E-state index is 0.00533. The zero-order valence-corrected chi connectivity index (χ0v) is 15.1. The van der Waals surface area contributed by atoms with Crippen molar-refractivity contribution >= 4 is 11.7 Å². The largest absolute Gasteiger partial charge is 0.632 e. The van der Waals surface area contributed by atoms with E-state index in [0.29, 0.717) is 19.0 Å². The van der Waals surface area contributed by atoms with E-state index in [4.69, 9.17) is 4.74 Å². The Morgan fingerprint density at radius 3 is 3.00 bits per heavy atom. The molecule has 3 heterocycles. The van der Waals surface area contributed by atoms with Crippen molar-refractivity contribution in [1.29, 1.82) is 0 Å². The Bertz CT molecular complexity index is 869. The average molecular weight is 352 g/mol. The highest BCUT2D eigenvalue weighted by Crippen LogP contribution is 2.76. The summed E-state index contributed by atoms with van der Waals surface area (Å²) in [5, 5.41) is 17.6. The molecule has 1 saturated heterocycles. The number of hydrogen-bond donors (Lipinski definition) is 1. The summed E-state index contributed by atoms with van der Waals surface area (Å²) in [5.74, 6) is 0.349. The van der Waals surface area contributed by atoms with Crippen LogP contribution in [0.3, 0.4) is 0 Å². The molecule has 1 aromatic carbocycles. The number of hydrogen-bond acceptors (Lipinski definition) is 4. The lowest BCUT2D eigenvalue weighted by Crippen LogP contribution is -2.85. The summed E-state index contributed by atoms with van der Waals surface area (Å²) in [6, 6.07) is 8.41. The fraction of sp³-hybridized carbons (Fsp3) is 0.571. The molecular weight excluding hydrogens is 328 g/mol. The second-order valence-corrected chi connectivity index (χ2v) is 8.94. The summed E-state index contributed by atoms with van der Waals surface area (Å²) in [6.45, 7) is 3.46. The van der Waals surface area contributed by atoms with Gasteiger partial charge < -0.3 is 19.9 Å². The lowest BCUT2D eigenvalue weighted by Gasteiger charge is -2.73. The topological polar surface area (TPSA) is 61.4 Å². The summed E-state index contributed by atoms with van der Waals surface area (Å²) in [4.78, 5) is 12.9. The molecule has 6 aliphatic rings. The Kier molecular flexibility index (Phi) is 2.54. The number of para-hydroxylation sites is 1. The van der Waals surface area contributed by atoms with Crippen LogP contribution in [-0.4, -0.2) is 42.4 Å². The van der Waals surface area contributed by atoms with Crippen molar-refractivity contribution in [2.45, 2.75) is 30.3 Å². The Morgan fingerprint density at radius 1 is 1.38 bits per heavy atom. The van der Waals surface area contributed by atoms with Crippen LogP contribution in [0.4, 0.5) is 5.69 Å². The van der Waals surface area contributed by atoms with E-state index in [0.717, 1.165) is 12.1 Å². The first kappa shape index (κ1) is 15.2. The smallest absolute Gasteiger partial charge is 0.311 e. The van der Waals surface area contributed by atoms with Crippen LogP contribution >= 0.6 is 0 Å². The minimum atomic E-state index is -0.384. The van der Waals surface area contributed by atoms with Crippen molar-refractivity contribution in [2.24, 2.45) is 23.7 Å². The van der Waals surface area contributed by atoms with E-state index >= 15 is 0 Å². The first-order chi connectivity index (χ1) is 12.5. The van der Waals surface area contributed by atoms with Crippen molar-refractivity contribution in [2.75, 3.05) is 25.5 Å². The zero-order chi connectivity index (χ0) is 17.9. The van der Waals surface area contributed by atoms with Gasteiger partial charge in [-0.2, -0.15) is 0 Å². The Balaban J connectivity index is 1.68. The van der Waals surface area contributed by atoms with Crippen LogP contribution < -0.4 is 5.32 Å². The number of nitrogens with one attached hydrogen (secondary N) is 1. The van der Waals surface area contributed by atoms with E-state index in [2.05, 4.69) is 42.6 Å². The molecule has 5 nitrogen and oxygen atoms in total. The van der Waals surface area contributed by atoms with Gasteiger partial charge in [0.2, 0.25) is 0 Å². The maximum Gasteiger partial charge on any atom is 0.311 e. The molecule has 2 spiro atoms. The lowest BCUT2D eigenvalue weighted by atomic mass is 9.33. The number of esters is 1. The van der Waals surface area contributed by atoms with Crippen molar-refractivity contribution in [3.63, 3.8) is 0 Å². The van der Waals surface area contributed by atoms with Crippen LogP contribution in [-0.2, 0) is 14.9 Å². The monoisotopic (exact) mass is 352 g/mol. The van der Waals surface area contributed by atoms with Gasteiger partial charge in [0.05, 0.1) is 37.1 Å². The number of anilines is 1. The number of benzene rings is 1. The molecule has 26 heavy (non-hydrogen) atoms. The van der Waals surface area contributed by atoms with Crippen molar-refractivity contribution in [3.05, 3.63) is 47.2 Å². The molecule has 1 unspecified atom stereocenters. The zero-order valence-electron chi connectivity index (χ0n) is 15.1. The van der Waals surface area contributed by atoms with Gasteiger partial charge in [-0.3, -0.25) is 4.79 Å². The number of nitrogens with zero attached hydrogens (tertiary/aromatic N) is 1. The van der Waals surface area contributed by atoms with Gasteiger partial charge in [0.1, 0.15) is 6.04 Å². The SMILES string of the molecule is COC(=O)[C@H]1[C@@H]2[C@@H]3C=CC[N+]4([O-])CC[C@@]5(c6ccccc6N[C@@]15[C@H]2C)[C@H]34. The second-order valence-electron chi connectivity index (χ2n) is 8.94. The fourth-order valence-electron chi connectivity index (χ4n) is 7.99. The third kappa shape index (κ3) is 1.25. The minimum Gasteiger partial charge on any atom is -0.632 e. The van der Waals surface area contributed by atoms with E-state index in [-0.39, 0.29) is 45.4 Å². The third-order valence-corrected chi connectivity index (χ3v) is 8.59. The number of carbonyl (C=O) groups is 1. The molecule has 3 aliphatic carbocycles. The number of methoxy groups -OCH3 is 1. The summed E-state index contributed by atoms with van der Waals surface area (Å²) in [5.41, 5.74) is 1.69. The maximum absolute atomic E-state index is 13.8. The van der Waals surface area contributed by atoms with Gasteiger partial charge in [-0.15, -0.1) is 0 Å². The number of rotatable bonds is 1. The lowest BCUT2D eigenvalue weighted by molar-refractivity contribution is -0.897. The fourth-order valence-corrected chi connectivity index (χ4v) is 7.99. The molecule has 3 aliphatic heterocycles. The van der Waals surface area contributed by atoms with Gasteiger partial charge in [-0.25, -0.2) is 0 Å². The van der Waals surface area contributed by atoms with Crippen LogP contribution in [0.25, 0.3) is 0 Å². The Labute approximate surface area is 153 Å². The molecule has 8 atom stereocenters. The third-order valence-electron chi connectivity index (χ3n) is 8.59. The normalized spacial score (nSPS) is 51.6. The second kappa shape index (κ2) is 4.34. The van der Waals surface area contributed by atoms with Crippen LogP contribution in [0.15, 0.2) is 36.4 Å². The quantitative estimate of drug-likeness (QED) is 0.365. The number of fused-ring (bicyclic) bond motifs is 1. The van der Waals surface area contributed by atoms with Crippen molar-refractivity contribution in [1.82, 2.24) is 0 Å². The number of carbonyl (C=O) groups excluding carboxylic acids is 1. The molecule has 0 radical (unpaired) electrons. The van der Waals surface area contributed by atoms with Crippen LogP contribution in [0, 0.1) is 28.9 Å². The van der Waals surface area contributed by atoms with E-state index in [1.807, 2.05) is 6.07 Å². The van der Waals surface area contributed by atoms with Gasteiger partial charge in [-0.05, 0) is 29.5 Å². The molecule has 1 aromatic rings. The highest BCUT2D eigenvalue weighted by atomic mass is 16.6. The maximum atomic E-state index is 13.8. The summed E-state index contributed by atoms with van der Waals surface area (Å²) >= 11 is 0. The Morgan fingerprint density at radius 2 is 2.19 bits per heavy atom. The average Bonchev–Trinajstić information content (AvgIpc) is 3.15. The number of hydroxylamine groups is 3. The van der Waals surface area contributed by atoms with Crippen LogP contribution in [0.1, 0.15) is 18.9 Å². The van der Waals surface area contributed by atoms with Crippen molar-refractivity contribution in [3.8, 4) is 0 Å². The van der Waals surface area contributed by atoms with Crippen molar-refractivity contribution < 1.29 is 14.2 Å². The summed E-state index contributed by atoms with van der Waals surface area (Å²) in [7, 11) is 1.49. The van der Waals surface area contributed by atoms with Gasteiger partial charge in [0.15, 0.2) is 0 Å². The summed E-state index contributed by atoms with van der Waals surface area (Å²) < 4.78 is 5.13. The molecular formula is C21H24N2O3. The molecule has 5 heteroatoms.